The fourth-order valence-corrected chi connectivity index (χ4v) is 5.42. The molecule has 4 aliphatic rings. The second-order valence-electron chi connectivity index (χ2n) is 8.26. The molecule has 30 heavy (non-hydrogen) atoms. The Morgan fingerprint density at radius 1 is 1.00 bits per heavy atom. The molecule has 2 bridgehead atoms. The third kappa shape index (κ3) is 2.81. The maximum absolute atomic E-state index is 13.4. The molecule has 3 atom stereocenters. The standard InChI is InChI=1S/C21H17F6NO2/c22-20(23,24)12-5-11(6-13(7-12)21(25,26)27)15-8-14-10-19(16(15)9-18(29)30-19)17-3-1-2-4-28(14)17/h5-9,14,17H,1-4,10H2/t14-,17-,19+/m1/s1. The van der Waals surface area contributed by atoms with Crippen LogP contribution in [0.25, 0.3) is 5.57 Å². The van der Waals surface area contributed by atoms with Gasteiger partial charge in [0.2, 0.25) is 0 Å². The lowest BCUT2D eigenvalue weighted by Crippen LogP contribution is -2.48. The number of hydrogen-bond acceptors (Lipinski definition) is 3. The second-order valence-corrected chi connectivity index (χ2v) is 8.26. The molecule has 1 aromatic carbocycles. The van der Waals surface area contributed by atoms with E-state index in [9.17, 15) is 31.1 Å². The van der Waals surface area contributed by atoms with Crippen LogP contribution in [-0.2, 0) is 21.9 Å². The summed E-state index contributed by atoms with van der Waals surface area (Å²) in [4.78, 5) is 14.4. The summed E-state index contributed by atoms with van der Waals surface area (Å²) < 4.78 is 85.8. The Morgan fingerprint density at radius 3 is 2.30 bits per heavy atom. The van der Waals surface area contributed by atoms with Crippen molar-refractivity contribution in [2.24, 2.45) is 0 Å². The number of alkyl halides is 6. The number of ether oxygens (including phenoxy) is 1. The second kappa shape index (κ2) is 6.12. The third-order valence-corrected chi connectivity index (χ3v) is 6.57. The molecule has 1 spiro atoms. The highest BCUT2D eigenvalue weighted by Crippen LogP contribution is 2.56. The van der Waals surface area contributed by atoms with Gasteiger partial charge in [-0.15, -0.1) is 0 Å². The zero-order valence-electron chi connectivity index (χ0n) is 15.6. The maximum Gasteiger partial charge on any atom is 0.416 e. The number of hydrogen-bond donors (Lipinski definition) is 0. The highest BCUT2D eigenvalue weighted by Gasteiger charge is 2.61. The van der Waals surface area contributed by atoms with Crippen LogP contribution in [0.15, 0.2) is 35.9 Å². The molecule has 0 saturated carbocycles. The highest BCUT2D eigenvalue weighted by molar-refractivity contribution is 5.97. The summed E-state index contributed by atoms with van der Waals surface area (Å²) in [5.74, 6) is -0.605. The van der Waals surface area contributed by atoms with E-state index in [0.29, 0.717) is 12.0 Å². The summed E-state index contributed by atoms with van der Waals surface area (Å²) >= 11 is 0. The quantitative estimate of drug-likeness (QED) is 0.467. The van der Waals surface area contributed by atoms with E-state index in [2.05, 4.69) is 4.90 Å². The lowest BCUT2D eigenvalue weighted by molar-refractivity contribution is -0.148. The zero-order chi connectivity index (χ0) is 21.5. The van der Waals surface area contributed by atoms with Crippen molar-refractivity contribution in [1.29, 1.82) is 0 Å². The first kappa shape index (κ1) is 19.7. The lowest BCUT2D eigenvalue weighted by atomic mass is 9.74. The van der Waals surface area contributed by atoms with Gasteiger partial charge in [-0.1, -0.05) is 12.5 Å². The Labute approximate surface area is 168 Å². The van der Waals surface area contributed by atoms with E-state index in [0.717, 1.165) is 37.9 Å². The maximum atomic E-state index is 13.4. The first-order chi connectivity index (χ1) is 14.0. The van der Waals surface area contributed by atoms with E-state index in [4.69, 9.17) is 4.74 Å². The van der Waals surface area contributed by atoms with Gasteiger partial charge in [-0.3, -0.25) is 4.90 Å². The third-order valence-electron chi connectivity index (χ3n) is 6.57. The van der Waals surface area contributed by atoms with Gasteiger partial charge in [0.1, 0.15) is 0 Å². The average Bonchev–Trinajstić information content (AvgIpc) is 3.14. The van der Waals surface area contributed by atoms with Crippen molar-refractivity contribution in [2.75, 3.05) is 6.54 Å². The van der Waals surface area contributed by atoms with Crippen molar-refractivity contribution >= 4 is 11.5 Å². The molecule has 2 saturated heterocycles. The number of esters is 1. The molecule has 9 heteroatoms. The van der Waals surface area contributed by atoms with E-state index >= 15 is 0 Å². The molecule has 0 unspecified atom stereocenters. The van der Waals surface area contributed by atoms with Gasteiger partial charge in [-0.05, 0) is 48.7 Å². The molecule has 1 aliphatic carbocycles. The molecule has 0 aromatic heterocycles. The van der Waals surface area contributed by atoms with E-state index in [1.54, 1.807) is 6.08 Å². The molecule has 1 aromatic rings. The van der Waals surface area contributed by atoms with Crippen molar-refractivity contribution < 1.29 is 35.9 Å². The van der Waals surface area contributed by atoms with Crippen LogP contribution in [0, 0.1) is 0 Å². The Bertz CT molecular complexity index is 960. The minimum absolute atomic E-state index is 0.115. The average molecular weight is 429 g/mol. The molecule has 0 N–H and O–H groups in total. The number of halogens is 6. The van der Waals surface area contributed by atoms with E-state index in [1.807, 2.05) is 0 Å². The molecule has 3 heterocycles. The molecule has 0 radical (unpaired) electrons. The van der Waals surface area contributed by atoms with E-state index in [1.165, 1.54) is 6.08 Å². The number of fused-ring (bicyclic) bond motifs is 3. The summed E-state index contributed by atoms with van der Waals surface area (Å²) in [6.45, 7) is 0.752. The van der Waals surface area contributed by atoms with Gasteiger partial charge in [-0.25, -0.2) is 4.79 Å². The van der Waals surface area contributed by atoms with Crippen LogP contribution in [-0.4, -0.2) is 35.1 Å². The molecular formula is C21H17F6NO2. The number of carbonyl (C=O) groups is 1. The predicted molar refractivity (Wildman–Crippen MR) is 94.1 cm³/mol. The number of carbonyl (C=O) groups excluding carboxylic acids is 1. The van der Waals surface area contributed by atoms with E-state index in [-0.39, 0.29) is 29.3 Å². The molecule has 3 aliphatic heterocycles. The van der Waals surface area contributed by atoms with Gasteiger partial charge in [0.15, 0.2) is 5.60 Å². The van der Waals surface area contributed by atoms with Crippen molar-refractivity contribution in [3.63, 3.8) is 0 Å². The lowest BCUT2D eigenvalue weighted by Gasteiger charge is -2.38. The summed E-state index contributed by atoms with van der Waals surface area (Å²) in [6.07, 6.45) is -3.83. The molecular weight excluding hydrogens is 412 g/mol. The number of nitrogens with zero attached hydrogens (tertiary/aromatic N) is 1. The molecule has 0 amide bonds. The molecule has 2 fully saturated rings. The van der Waals surface area contributed by atoms with Crippen LogP contribution in [0.1, 0.15) is 42.4 Å². The Morgan fingerprint density at radius 2 is 1.67 bits per heavy atom. The largest absolute Gasteiger partial charge is 0.449 e. The van der Waals surface area contributed by atoms with Crippen molar-refractivity contribution in [1.82, 2.24) is 4.90 Å². The van der Waals surface area contributed by atoms with Crippen LogP contribution >= 0.6 is 0 Å². The summed E-state index contributed by atoms with van der Waals surface area (Å²) in [5, 5.41) is 0. The molecule has 5 rings (SSSR count). The van der Waals surface area contributed by atoms with Gasteiger partial charge >= 0.3 is 18.3 Å². The first-order valence-electron chi connectivity index (χ1n) is 9.72. The Kier molecular flexibility index (Phi) is 4.01. The monoisotopic (exact) mass is 429 g/mol. The first-order valence-corrected chi connectivity index (χ1v) is 9.72. The minimum atomic E-state index is -4.93. The van der Waals surface area contributed by atoms with Gasteiger partial charge in [0, 0.05) is 24.1 Å². The topological polar surface area (TPSA) is 29.5 Å². The van der Waals surface area contributed by atoms with Gasteiger partial charge in [0.05, 0.1) is 17.2 Å². The van der Waals surface area contributed by atoms with Crippen LogP contribution < -0.4 is 0 Å². The van der Waals surface area contributed by atoms with Crippen LogP contribution in [0.3, 0.4) is 0 Å². The van der Waals surface area contributed by atoms with Gasteiger partial charge < -0.3 is 4.74 Å². The van der Waals surface area contributed by atoms with Crippen LogP contribution in [0.4, 0.5) is 26.3 Å². The highest BCUT2D eigenvalue weighted by atomic mass is 19.4. The SMILES string of the molecule is O=C1C=C2C(c3cc(C(F)(F)F)cc(C(F)(F)F)c3)=C[C@@H]3C[C@@]2(O1)[C@H]1CCCCN31. The Hall–Kier alpha value is -2.29. The number of benzene rings is 1. The fraction of sp³-hybridized carbons (Fsp3) is 0.476. The summed E-state index contributed by atoms with van der Waals surface area (Å²) in [5.41, 5.74) is -3.32. The molecule has 3 nitrogen and oxygen atoms in total. The normalized spacial score (nSPS) is 31.1. The molecule has 160 valence electrons. The van der Waals surface area contributed by atoms with Crippen molar-refractivity contribution in [3.8, 4) is 0 Å². The number of rotatable bonds is 1. The summed E-state index contributed by atoms with van der Waals surface area (Å²) in [6, 6.07) is 1.25. The van der Waals surface area contributed by atoms with Gasteiger partial charge in [0.25, 0.3) is 0 Å². The van der Waals surface area contributed by atoms with Crippen LogP contribution in [0.2, 0.25) is 0 Å². The van der Waals surface area contributed by atoms with E-state index < -0.39 is 35.0 Å². The predicted octanol–water partition coefficient (Wildman–Crippen LogP) is 4.97. The van der Waals surface area contributed by atoms with Crippen LogP contribution in [0.5, 0.6) is 0 Å². The summed E-state index contributed by atoms with van der Waals surface area (Å²) in [7, 11) is 0. The van der Waals surface area contributed by atoms with Crippen molar-refractivity contribution in [3.05, 3.63) is 52.6 Å². The van der Waals surface area contributed by atoms with Crippen molar-refractivity contribution in [2.45, 2.75) is 55.7 Å². The fourth-order valence-electron chi connectivity index (χ4n) is 5.42. The smallest absolute Gasteiger partial charge is 0.416 e. The minimum Gasteiger partial charge on any atom is -0.449 e. The Balaban J connectivity index is 1.69. The number of piperidine rings is 1. The zero-order valence-corrected chi connectivity index (χ0v) is 15.6. The van der Waals surface area contributed by atoms with Gasteiger partial charge in [-0.2, -0.15) is 26.3 Å².